The Kier molecular flexibility index (Phi) is 4.82. The highest BCUT2D eigenvalue weighted by Crippen LogP contribution is 2.88. The number of carbonyl (C=O) groups is 1. The Bertz CT molecular complexity index is 801. The van der Waals surface area contributed by atoms with Crippen LogP contribution in [0, 0.1) is 50.7 Å². The molecule has 0 aromatic heterocycles. The van der Waals surface area contributed by atoms with E-state index in [9.17, 15) is 4.79 Å². The van der Waals surface area contributed by atoms with Crippen molar-refractivity contribution in [2.45, 2.75) is 119 Å². The van der Waals surface area contributed by atoms with Crippen molar-refractivity contribution in [3.05, 3.63) is 11.6 Å². The Labute approximate surface area is 192 Å². The van der Waals surface area contributed by atoms with E-state index in [2.05, 4.69) is 54.5 Å². The molecule has 0 N–H and O–H groups in total. The van der Waals surface area contributed by atoms with Crippen LogP contribution in [0.3, 0.4) is 0 Å². The molecule has 1 nitrogen and oxygen atoms in total. The highest BCUT2D eigenvalue weighted by atomic mass is 16.1. The van der Waals surface area contributed by atoms with Gasteiger partial charge in [-0.2, -0.15) is 0 Å². The molecule has 0 unspecified atom stereocenters. The van der Waals surface area contributed by atoms with Crippen molar-refractivity contribution in [3.8, 4) is 0 Å². The lowest BCUT2D eigenvalue weighted by Gasteiger charge is -2.62. The number of hydrogen-bond donors (Lipinski definition) is 0. The topological polar surface area (TPSA) is 17.1 Å². The van der Waals surface area contributed by atoms with Crippen molar-refractivity contribution in [2.24, 2.45) is 50.7 Å². The minimum atomic E-state index is -0.0774. The smallest absolute Gasteiger partial charge is 0.138 e. The lowest BCUT2D eigenvalue weighted by Crippen LogP contribution is -2.57. The molecule has 5 aliphatic rings. The van der Waals surface area contributed by atoms with Crippen LogP contribution in [0.1, 0.15) is 119 Å². The van der Waals surface area contributed by atoms with E-state index in [1.165, 1.54) is 69.8 Å². The number of fused-ring (bicyclic) bond motifs is 2. The van der Waals surface area contributed by atoms with Gasteiger partial charge in [-0.1, -0.05) is 46.3 Å². The van der Waals surface area contributed by atoms with Crippen LogP contribution >= 0.6 is 0 Å². The maximum atomic E-state index is 12.8. The minimum absolute atomic E-state index is 0.0774. The van der Waals surface area contributed by atoms with Crippen LogP contribution in [0.5, 0.6) is 0 Å². The zero-order chi connectivity index (χ0) is 22.4. The predicted octanol–water partition coefficient (Wildman–Crippen LogP) is 8.38. The molecule has 31 heavy (non-hydrogen) atoms. The van der Waals surface area contributed by atoms with E-state index in [0.29, 0.717) is 33.4 Å². The van der Waals surface area contributed by atoms with Gasteiger partial charge in [0.05, 0.1) is 0 Å². The second kappa shape index (κ2) is 6.73. The lowest BCUT2D eigenvalue weighted by atomic mass is 9.42. The Hall–Kier alpha value is -0.590. The normalized spacial score (nSPS) is 50.5. The van der Waals surface area contributed by atoms with Crippen LogP contribution in [0.15, 0.2) is 11.6 Å². The summed E-state index contributed by atoms with van der Waals surface area (Å²) in [5.74, 6) is 3.87. The van der Waals surface area contributed by atoms with E-state index in [4.69, 9.17) is 0 Å². The van der Waals surface area contributed by atoms with Crippen molar-refractivity contribution < 1.29 is 4.79 Å². The average Bonchev–Trinajstić information content (AvgIpc) is 3.27. The first-order valence-electron chi connectivity index (χ1n) is 13.6. The number of hydrogen-bond acceptors (Lipinski definition) is 1. The predicted molar refractivity (Wildman–Crippen MR) is 130 cm³/mol. The van der Waals surface area contributed by atoms with Crippen LogP contribution in [0.4, 0.5) is 0 Å². The Morgan fingerprint density at radius 3 is 2.32 bits per heavy atom. The zero-order valence-corrected chi connectivity index (χ0v) is 21.6. The summed E-state index contributed by atoms with van der Waals surface area (Å²) in [6, 6.07) is 0. The molecule has 5 rings (SSSR count). The van der Waals surface area contributed by atoms with Crippen molar-refractivity contribution in [1.29, 1.82) is 0 Å². The van der Waals surface area contributed by atoms with E-state index >= 15 is 0 Å². The molecule has 0 aromatic rings. The van der Waals surface area contributed by atoms with Crippen molar-refractivity contribution in [1.82, 2.24) is 0 Å². The third-order valence-corrected chi connectivity index (χ3v) is 12.8. The quantitative estimate of drug-likeness (QED) is 0.414. The monoisotopic (exact) mass is 424 g/mol. The summed E-state index contributed by atoms with van der Waals surface area (Å²) in [7, 11) is 0. The Morgan fingerprint density at radius 2 is 1.61 bits per heavy atom. The second-order valence-electron chi connectivity index (χ2n) is 14.1. The summed E-state index contributed by atoms with van der Waals surface area (Å²) in [5.41, 5.74) is 3.53. The standard InChI is InChI=1S/C30H48O/c1-20(2)9-8-10-21(3)22-13-15-28(7)24-12-11-23-26(4,5)25(31)14-16-29(23)19-30(24,29)18-17-27(22,28)6/h9,21-24H,8,10-19H2,1-7H3/t21-,22-,23+,24-,27-,28+,29-,30+/m1/s1. The molecule has 8 atom stereocenters. The van der Waals surface area contributed by atoms with Crippen LogP contribution in [0.25, 0.3) is 0 Å². The molecule has 5 aliphatic carbocycles. The van der Waals surface area contributed by atoms with Gasteiger partial charge in [0.2, 0.25) is 0 Å². The lowest BCUT2D eigenvalue weighted by molar-refractivity contribution is -0.157. The molecular weight excluding hydrogens is 376 g/mol. The van der Waals surface area contributed by atoms with Gasteiger partial charge in [0.25, 0.3) is 0 Å². The first kappa shape index (κ1) is 22.2. The third kappa shape index (κ3) is 2.64. The average molecular weight is 425 g/mol. The Balaban J connectivity index is 1.41. The van der Waals surface area contributed by atoms with Crippen molar-refractivity contribution in [3.63, 3.8) is 0 Å². The highest BCUT2D eigenvalue weighted by molar-refractivity contribution is 5.86. The fourth-order valence-electron chi connectivity index (χ4n) is 11.0. The minimum Gasteiger partial charge on any atom is -0.299 e. The Morgan fingerprint density at radius 1 is 0.935 bits per heavy atom. The van der Waals surface area contributed by atoms with Gasteiger partial charge in [0.1, 0.15) is 5.78 Å². The summed E-state index contributed by atoms with van der Waals surface area (Å²) in [6.45, 7) is 17.1. The molecule has 2 spiro atoms. The molecule has 0 bridgehead atoms. The maximum Gasteiger partial charge on any atom is 0.138 e. The molecule has 0 heterocycles. The molecule has 0 aliphatic heterocycles. The molecule has 0 radical (unpaired) electrons. The van der Waals surface area contributed by atoms with Gasteiger partial charge < -0.3 is 0 Å². The van der Waals surface area contributed by atoms with E-state index in [1.54, 1.807) is 0 Å². The number of rotatable bonds is 4. The summed E-state index contributed by atoms with van der Waals surface area (Å²) in [5, 5.41) is 0. The van der Waals surface area contributed by atoms with Crippen LogP contribution in [0.2, 0.25) is 0 Å². The van der Waals surface area contributed by atoms with Gasteiger partial charge in [0.15, 0.2) is 0 Å². The van der Waals surface area contributed by atoms with Gasteiger partial charge in [0, 0.05) is 11.8 Å². The summed E-state index contributed by atoms with van der Waals surface area (Å²) >= 11 is 0. The molecule has 0 amide bonds. The fourth-order valence-corrected chi connectivity index (χ4v) is 11.0. The van der Waals surface area contributed by atoms with E-state index in [1.807, 2.05) is 0 Å². The number of carbonyl (C=O) groups excluding carboxylic acids is 1. The van der Waals surface area contributed by atoms with Gasteiger partial charge in [-0.25, -0.2) is 0 Å². The molecule has 174 valence electrons. The number of ketones is 1. The van der Waals surface area contributed by atoms with E-state index < -0.39 is 0 Å². The first-order chi connectivity index (χ1) is 14.4. The molecule has 5 saturated carbocycles. The second-order valence-corrected chi connectivity index (χ2v) is 14.1. The van der Waals surface area contributed by atoms with E-state index in [0.717, 1.165) is 24.2 Å². The van der Waals surface area contributed by atoms with Crippen LogP contribution in [-0.2, 0) is 4.79 Å². The van der Waals surface area contributed by atoms with Crippen LogP contribution < -0.4 is 0 Å². The summed E-state index contributed by atoms with van der Waals surface area (Å²) < 4.78 is 0. The van der Waals surface area contributed by atoms with Gasteiger partial charge in [-0.05, 0) is 123 Å². The number of allylic oxidation sites excluding steroid dienone is 2. The van der Waals surface area contributed by atoms with Gasteiger partial charge in [-0.3, -0.25) is 4.79 Å². The van der Waals surface area contributed by atoms with Gasteiger partial charge in [-0.15, -0.1) is 0 Å². The maximum absolute atomic E-state index is 12.8. The highest BCUT2D eigenvalue weighted by Gasteiger charge is 2.82. The van der Waals surface area contributed by atoms with Crippen molar-refractivity contribution >= 4 is 5.78 Å². The third-order valence-electron chi connectivity index (χ3n) is 12.8. The molecule has 1 heteroatoms. The molecule has 0 aromatic carbocycles. The summed E-state index contributed by atoms with van der Waals surface area (Å²) in [6.07, 6.45) is 17.1. The molecular formula is C30H48O. The van der Waals surface area contributed by atoms with E-state index in [-0.39, 0.29) is 5.41 Å². The SMILES string of the molecule is CC(C)=CCC[C@@H](C)[C@H]1CC[C@@]2(C)[C@H]3CC[C@H]4C(C)(C)C(=O)CC[C@@]45C[C@@]35CC[C@]12C. The first-order valence-corrected chi connectivity index (χ1v) is 13.6. The van der Waals surface area contributed by atoms with Crippen LogP contribution in [-0.4, -0.2) is 5.78 Å². The number of Topliss-reactive ketones (excluding diaryl/α,β-unsaturated/α-hetero) is 1. The molecule has 5 fully saturated rings. The van der Waals surface area contributed by atoms with Gasteiger partial charge >= 0.3 is 0 Å². The largest absolute Gasteiger partial charge is 0.299 e. The summed E-state index contributed by atoms with van der Waals surface area (Å²) in [4.78, 5) is 12.8. The van der Waals surface area contributed by atoms with Crippen molar-refractivity contribution in [2.75, 3.05) is 0 Å². The fraction of sp³-hybridized carbons (Fsp3) is 0.900. The zero-order valence-electron chi connectivity index (χ0n) is 21.6. The molecule has 0 saturated heterocycles.